The van der Waals surface area contributed by atoms with Crippen LogP contribution >= 0.6 is 0 Å². The van der Waals surface area contributed by atoms with E-state index in [-0.39, 0.29) is 23.1 Å². The van der Waals surface area contributed by atoms with Crippen LogP contribution in [0.1, 0.15) is 91.1 Å². The maximum absolute atomic E-state index is 12.7. The summed E-state index contributed by atoms with van der Waals surface area (Å²) in [4.78, 5) is 41.2. The summed E-state index contributed by atoms with van der Waals surface area (Å²) in [6.07, 6.45) is 5.91. The predicted octanol–water partition coefficient (Wildman–Crippen LogP) is 8.34. The first kappa shape index (κ1) is 45.7. The van der Waals surface area contributed by atoms with Gasteiger partial charge >= 0.3 is 12.2 Å². The van der Waals surface area contributed by atoms with Crippen LogP contribution in [-0.2, 0) is 20.4 Å². The molecule has 4 heterocycles. The molecule has 3 aromatic heterocycles. The summed E-state index contributed by atoms with van der Waals surface area (Å²) in [5.74, 6) is 1.27. The lowest BCUT2D eigenvalue weighted by atomic mass is 10.0. The van der Waals surface area contributed by atoms with Gasteiger partial charge in [0.15, 0.2) is 5.82 Å². The van der Waals surface area contributed by atoms with Gasteiger partial charge in [-0.3, -0.25) is 15.0 Å². The summed E-state index contributed by atoms with van der Waals surface area (Å²) >= 11 is 0. The van der Waals surface area contributed by atoms with Crippen LogP contribution in [0, 0.1) is 6.92 Å². The predicted molar refractivity (Wildman–Crippen MR) is 247 cm³/mol. The lowest BCUT2D eigenvalue weighted by Gasteiger charge is -2.43. The summed E-state index contributed by atoms with van der Waals surface area (Å²) in [7, 11) is 0.173. The summed E-state index contributed by atoms with van der Waals surface area (Å²) < 4.78 is 25.6. The van der Waals surface area contributed by atoms with Gasteiger partial charge in [-0.25, -0.2) is 14.6 Å². The van der Waals surface area contributed by atoms with Crippen molar-refractivity contribution >= 4 is 59.3 Å². The number of fused-ring (bicyclic) bond motifs is 1. The second kappa shape index (κ2) is 19.5. The minimum atomic E-state index is -2.77. The maximum Gasteiger partial charge on any atom is 0.413 e. The molecule has 5 aromatic rings. The summed E-state index contributed by atoms with van der Waals surface area (Å²) in [6.45, 7) is 18.3. The number of ether oxygens (including phenoxy) is 3. The second-order valence-electron chi connectivity index (χ2n) is 17.7. The molecule has 1 aliphatic heterocycles. The molecule has 330 valence electrons. The Kier molecular flexibility index (Phi) is 14.4. The van der Waals surface area contributed by atoms with Crippen molar-refractivity contribution < 1.29 is 28.2 Å². The number of carbonyl (C=O) groups is 2. The van der Waals surface area contributed by atoms with Crippen LogP contribution in [0.5, 0.6) is 5.75 Å². The summed E-state index contributed by atoms with van der Waals surface area (Å²) in [5.41, 5.74) is 3.97. The Morgan fingerprint density at radius 2 is 1.61 bits per heavy atom. The lowest BCUT2D eigenvalue weighted by Crippen LogP contribution is -2.66. The number of anilines is 2. The molecule has 0 radical (unpaired) electrons. The number of nitrogens with one attached hydrogen (secondary N) is 2. The Bertz CT molecular complexity index is 2320. The van der Waals surface area contributed by atoms with Crippen molar-refractivity contribution in [1.29, 1.82) is 0 Å². The Morgan fingerprint density at radius 1 is 0.935 bits per heavy atom. The highest BCUT2D eigenvalue weighted by atomic mass is 28.4. The number of nitrogens with zero attached hydrogens (tertiary/aromatic N) is 6. The minimum absolute atomic E-state index is 0.0450. The smallest absolute Gasteiger partial charge is 0.413 e. The summed E-state index contributed by atoms with van der Waals surface area (Å²) in [5, 5.41) is 13.6. The normalized spacial score (nSPS) is 14.0. The molecule has 0 unspecified atom stereocenters. The SMILES string of the molecule is CCC[C@@H](CCO[Si](c1ccccc1)(c1ccccc1)C(C)(C)C)Nc1nc(NC(=O)OC)nc2c(C)nn(Cc3cnc(C4=CCN(C(=O)OC(C)(C)C)CC4)cc3OC)c12. The van der Waals surface area contributed by atoms with Crippen molar-refractivity contribution in [2.75, 3.05) is 44.5 Å². The molecule has 1 atom stereocenters. The fourth-order valence-electron chi connectivity index (χ4n) is 8.09. The van der Waals surface area contributed by atoms with Crippen LogP contribution in [0.2, 0.25) is 5.04 Å². The van der Waals surface area contributed by atoms with E-state index in [1.807, 2.05) is 44.5 Å². The molecule has 6 rings (SSSR count). The number of benzene rings is 2. The van der Waals surface area contributed by atoms with E-state index in [4.69, 9.17) is 38.7 Å². The molecular formula is C47H62N8O6Si. The van der Waals surface area contributed by atoms with Gasteiger partial charge in [-0.2, -0.15) is 10.1 Å². The number of methoxy groups -OCH3 is 2. The first-order chi connectivity index (χ1) is 29.6. The highest BCUT2D eigenvalue weighted by Gasteiger charge is 2.50. The third kappa shape index (κ3) is 10.4. The van der Waals surface area contributed by atoms with Crippen molar-refractivity contribution in [3.05, 3.63) is 96.0 Å². The Balaban J connectivity index is 1.30. The van der Waals surface area contributed by atoms with Gasteiger partial charge in [0, 0.05) is 43.6 Å². The molecule has 0 saturated carbocycles. The molecule has 14 nitrogen and oxygen atoms in total. The Morgan fingerprint density at radius 3 is 2.18 bits per heavy atom. The molecule has 2 amide bonds. The standard InChI is InChI=1S/C47H62N8O6Si/c1-11-18-35(25-28-60-62(47(6,7)8,36-19-14-12-15-20-36)37-21-16-13-17-22-37)49-42-41-40(50-43(51-42)52-44(56)59-10)32(2)53-55(41)31-34-30-48-38(29-39(34)58-9)33-23-26-54(27-24-33)45(57)61-46(3,4)5/h12-17,19-23,29-30,35H,11,18,24-28,31H2,1-10H3,(H2,49,50,51,52,56)/t35-/m0/s1. The molecule has 1 aliphatic rings. The van der Waals surface area contributed by atoms with Crippen LogP contribution in [0.15, 0.2) is 79.0 Å². The number of rotatable bonds is 15. The molecule has 0 fully saturated rings. The topological polar surface area (TPSA) is 155 Å². The number of amides is 2. The fraction of sp³-hybridized carbons (Fsp3) is 0.447. The van der Waals surface area contributed by atoms with Gasteiger partial charge < -0.3 is 28.9 Å². The van der Waals surface area contributed by atoms with Crippen LogP contribution in [0.4, 0.5) is 21.4 Å². The molecular weight excluding hydrogens is 801 g/mol. The van der Waals surface area contributed by atoms with Crippen LogP contribution < -0.4 is 25.7 Å². The fourth-order valence-corrected chi connectivity index (χ4v) is 12.7. The highest BCUT2D eigenvalue weighted by Crippen LogP contribution is 2.37. The van der Waals surface area contributed by atoms with Crippen molar-refractivity contribution in [2.24, 2.45) is 0 Å². The number of hydrogen-bond acceptors (Lipinski definition) is 11. The van der Waals surface area contributed by atoms with Crippen molar-refractivity contribution in [3.63, 3.8) is 0 Å². The van der Waals surface area contributed by atoms with Gasteiger partial charge in [-0.15, -0.1) is 0 Å². The average Bonchev–Trinajstić information content (AvgIpc) is 3.56. The quantitative estimate of drug-likeness (QED) is 0.0977. The molecule has 2 aromatic carbocycles. The zero-order valence-electron chi connectivity index (χ0n) is 37.9. The van der Waals surface area contributed by atoms with E-state index in [9.17, 15) is 9.59 Å². The number of aryl methyl sites for hydroxylation is 1. The first-order valence-corrected chi connectivity index (χ1v) is 23.3. The number of carbonyl (C=O) groups excluding carboxylic acids is 2. The van der Waals surface area contributed by atoms with E-state index in [2.05, 4.69) is 99.0 Å². The van der Waals surface area contributed by atoms with Crippen LogP contribution in [0.3, 0.4) is 0 Å². The van der Waals surface area contributed by atoms with Crippen LogP contribution in [0.25, 0.3) is 16.6 Å². The van der Waals surface area contributed by atoms with Crippen LogP contribution in [-0.4, -0.2) is 95.7 Å². The molecule has 62 heavy (non-hydrogen) atoms. The van der Waals surface area contributed by atoms with Crippen molar-refractivity contribution in [2.45, 2.75) is 104 Å². The first-order valence-electron chi connectivity index (χ1n) is 21.4. The third-order valence-electron chi connectivity index (χ3n) is 11.0. The molecule has 0 aliphatic carbocycles. The molecule has 0 bridgehead atoms. The van der Waals surface area contributed by atoms with E-state index < -0.39 is 20.0 Å². The Labute approximate surface area is 366 Å². The molecule has 15 heteroatoms. The van der Waals surface area contributed by atoms with E-state index in [1.54, 1.807) is 18.2 Å². The molecule has 0 spiro atoms. The lowest BCUT2D eigenvalue weighted by molar-refractivity contribution is 0.0270. The second-order valence-corrected chi connectivity index (χ2v) is 22.0. The van der Waals surface area contributed by atoms with Gasteiger partial charge in [0.05, 0.1) is 32.2 Å². The molecule has 2 N–H and O–H groups in total. The van der Waals surface area contributed by atoms with Gasteiger partial charge in [-0.1, -0.05) is 101 Å². The van der Waals surface area contributed by atoms with Gasteiger partial charge in [-0.05, 0) is 67.9 Å². The zero-order chi connectivity index (χ0) is 44.7. The largest absolute Gasteiger partial charge is 0.496 e. The monoisotopic (exact) mass is 862 g/mol. The zero-order valence-corrected chi connectivity index (χ0v) is 38.9. The number of hydrogen-bond donors (Lipinski definition) is 2. The molecule has 0 saturated heterocycles. The van der Waals surface area contributed by atoms with E-state index in [0.717, 1.165) is 29.7 Å². The third-order valence-corrected chi connectivity index (χ3v) is 16.1. The van der Waals surface area contributed by atoms with Crippen molar-refractivity contribution in [3.8, 4) is 5.75 Å². The summed E-state index contributed by atoms with van der Waals surface area (Å²) in [6, 6.07) is 23.2. The minimum Gasteiger partial charge on any atom is -0.496 e. The van der Waals surface area contributed by atoms with E-state index >= 15 is 0 Å². The average molecular weight is 863 g/mol. The van der Waals surface area contributed by atoms with Gasteiger partial charge in [0.25, 0.3) is 8.32 Å². The van der Waals surface area contributed by atoms with E-state index in [0.29, 0.717) is 67.4 Å². The Hall–Kier alpha value is -5.80. The van der Waals surface area contributed by atoms with Gasteiger partial charge in [0.1, 0.15) is 22.4 Å². The van der Waals surface area contributed by atoms with Crippen molar-refractivity contribution in [1.82, 2.24) is 29.6 Å². The highest BCUT2D eigenvalue weighted by molar-refractivity contribution is 6.99. The number of pyridine rings is 1. The van der Waals surface area contributed by atoms with E-state index in [1.165, 1.54) is 17.5 Å². The number of aromatic nitrogens is 5. The maximum atomic E-state index is 12.7. The van der Waals surface area contributed by atoms with Gasteiger partial charge in [0.2, 0.25) is 5.95 Å².